The van der Waals surface area contributed by atoms with Crippen molar-refractivity contribution in [3.8, 4) is 11.8 Å². The molecule has 0 N–H and O–H groups in total. The molecule has 1 fully saturated rings. The van der Waals surface area contributed by atoms with Crippen LogP contribution in [0, 0.1) is 34.5 Å². The van der Waals surface area contributed by atoms with Crippen molar-refractivity contribution in [2.24, 2.45) is 22.7 Å². The van der Waals surface area contributed by atoms with E-state index < -0.39 is 0 Å². The minimum absolute atomic E-state index is 0.213. The molecule has 0 aromatic rings. The van der Waals surface area contributed by atoms with Crippen LogP contribution in [0.15, 0.2) is 0 Å². The Morgan fingerprint density at radius 3 is 2.29 bits per heavy atom. The van der Waals surface area contributed by atoms with Crippen molar-refractivity contribution in [1.29, 1.82) is 0 Å². The van der Waals surface area contributed by atoms with Crippen LogP contribution in [-0.4, -0.2) is 25.0 Å². The first kappa shape index (κ1) is 14.6. The summed E-state index contributed by atoms with van der Waals surface area (Å²) in [5.41, 5.74) is 0.562. The maximum atomic E-state index is 3.53. The Morgan fingerprint density at radius 1 is 1.35 bits per heavy atom. The van der Waals surface area contributed by atoms with Gasteiger partial charge in [0.15, 0.2) is 0 Å². The predicted octanol–water partition coefficient (Wildman–Crippen LogP) is 3.65. The molecule has 1 rings (SSSR count). The normalized spacial score (nSPS) is 31.0. The Bertz CT molecular complexity index is 318. The summed E-state index contributed by atoms with van der Waals surface area (Å²) in [5.74, 6) is 8.21. The van der Waals surface area contributed by atoms with Gasteiger partial charge in [-0.2, -0.15) is 0 Å². The summed E-state index contributed by atoms with van der Waals surface area (Å²) in [5, 5.41) is 0. The van der Waals surface area contributed by atoms with Crippen molar-refractivity contribution in [1.82, 2.24) is 4.90 Å². The average molecular weight is 235 g/mol. The quantitative estimate of drug-likeness (QED) is 0.672. The smallest absolute Gasteiger partial charge is 0.0497 e. The van der Waals surface area contributed by atoms with E-state index in [1.54, 1.807) is 0 Å². The van der Waals surface area contributed by atoms with Gasteiger partial charge in [-0.15, -0.1) is 5.92 Å². The van der Waals surface area contributed by atoms with Gasteiger partial charge in [0.1, 0.15) is 0 Å². The fraction of sp³-hybridized carbons (Fsp3) is 0.875. The van der Waals surface area contributed by atoms with Gasteiger partial charge in [-0.1, -0.05) is 40.5 Å². The van der Waals surface area contributed by atoms with Crippen molar-refractivity contribution in [3.63, 3.8) is 0 Å². The van der Waals surface area contributed by atoms with E-state index in [0.29, 0.717) is 5.41 Å². The molecule has 2 atom stereocenters. The Balaban J connectivity index is 2.78. The SMILES string of the molecule is CC#CC1(CN(C)CC(C)C)CC(C)C1(C)C. The van der Waals surface area contributed by atoms with Crippen LogP contribution >= 0.6 is 0 Å². The Morgan fingerprint density at radius 2 is 1.94 bits per heavy atom. The lowest BCUT2D eigenvalue weighted by Crippen LogP contribution is -2.58. The van der Waals surface area contributed by atoms with E-state index in [2.05, 4.69) is 58.4 Å². The molecule has 0 heterocycles. The third-order valence-electron chi connectivity index (χ3n) is 4.70. The zero-order valence-corrected chi connectivity index (χ0v) is 12.7. The van der Waals surface area contributed by atoms with Crippen molar-refractivity contribution < 1.29 is 0 Å². The number of rotatable bonds is 4. The molecular weight excluding hydrogens is 206 g/mol. The van der Waals surface area contributed by atoms with Gasteiger partial charge in [0.05, 0.1) is 0 Å². The standard InChI is InChI=1S/C16H29N/c1-8-9-16(10-14(4)15(16,5)6)12-17(7)11-13(2)3/h13-14H,10-12H2,1-7H3. The topological polar surface area (TPSA) is 3.24 Å². The molecule has 0 aromatic carbocycles. The highest BCUT2D eigenvalue weighted by Crippen LogP contribution is 2.60. The first-order valence-corrected chi connectivity index (χ1v) is 6.87. The zero-order valence-electron chi connectivity index (χ0n) is 12.7. The van der Waals surface area contributed by atoms with E-state index in [0.717, 1.165) is 24.9 Å². The highest BCUT2D eigenvalue weighted by Gasteiger charge is 2.57. The van der Waals surface area contributed by atoms with Crippen LogP contribution in [0.25, 0.3) is 0 Å². The van der Waals surface area contributed by atoms with E-state index in [1.807, 2.05) is 6.92 Å². The summed E-state index contributed by atoms with van der Waals surface area (Å²) in [6, 6.07) is 0. The Kier molecular flexibility index (Phi) is 4.31. The third kappa shape index (κ3) is 2.68. The largest absolute Gasteiger partial charge is 0.305 e. The van der Waals surface area contributed by atoms with Gasteiger partial charge < -0.3 is 4.90 Å². The lowest BCUT2D eigenvalue weighted by molar-refractivity contribution is -0.0826. The maximum Gasteiger partial charge on any atom is 0.0497 e. The highest BCUT2D eigenvalue weighted by atomic mass is 15.1. The molecule has 1 aliphatic carbocycles. The summed E-state index contributed by atoms with van der Waals surface area (Å²) < 4.78 is 0. The Hall–Kier alpha value is -0.480. The monoisotopic (exact) mass is 235 g/mol. The summed E-state index contributed by atoms with van der Waals surface area (Å²) in [6.45, 7) is 15.9. The van der Waals surface area contributed by atoms with Crippen LogP contribution in [0.1, 0.15) is 48.0 Å². The van der Waals surface area contributed by atoms with Crippen LogP contribution in [0.2, 0.25) is 0 Å². The van der Waals surface area contributed by atoms with Crippen LogP contribution in [0.5, 0.6) is 0 Å². The highest BCUT2D eigenvalue weighted by molar-refractivity contribution is 5.24. The minimum Gasteiger partial charge on any atom is -0.305 e. The summed E-state index contributed by atoms with van der Waals surface area (Å²) in [6.07, 6.45) is 1.25. The van der Waals surface area contributed by atoms with Gasteiger partial charge in [-0.3, -0.25) is 0 Å². The average Bonchev–Trinajstić information content (AvgIpc) is 2.16. The van der Waals surface area contributed by atoms with Crippen LogP contribution in [-0.2, 0) is 0 Å². The lowest BCUT2D eigenvalue weighted by atomic mass is 9.45. The molecule has 98 valence electrons. The fourth-order valence-electron chi connectivity index (χ4n) is 3.29. The van der Waals surface area contributed by atoms with Crippen molar-refractivity contribution in [2.45, 2.75) is 48.0 Å². The van der Waals surface area contributed by atoms with Crippen LogP contribution < -0.4 is 0 Å². The molecule has 1 nitrogen and oxygen atoms in total. The molecule has 0 saturated heterocycles. The molecule has 0 amide bonds. The maximum absolute atomic E-state index is 3.53. The molecule has 0 aliphatic heterocycles. The minimum atomic E-state index is 0.213. The molecule has 0 spiro atoms. The van der Waals surface area contributed by atoms with Crippen LogP contribution in [0.3, 0.4) is 0 Å². The predicted molar refractivity (Wildman–Crippen MR) is 75.8 cm³/mol. The Labute approximate surface area is 108 Å². The van der Waals surface area contributed by atoms with Gasteiger partial charge in [0, 0.05) is 18.5 Å². The first-order chi connectivity index (χ1) is 7.75. The summed E-state index contributed by atoms with van der Waals surface area (Å²) in [4.78, 5) is 2.46. The summed E-state index contributed by atoms with van der Waals surface area (Å²) in [7, 11) is 2.23. The van der Waals surface area contributed by atoms with E-state index in [-0.39, 0.29) is 5.41 Å². The second-order valence-electron chi connectivity index (χ2n) is 6.87. The number of hydrogen-bond donors (Lipinski definition) is 0. The van der Waals surface area contributed by atoms with Gasteiger partial charge in [0.2, 0.25) is 0 Å². The van der Waals surface area contributed by atoms with Gasteiger partial charge >= 0.3 is 0 Å². The van der Waals surface area contributed by atoms with E-state index in [9.17, 15) is 0 Å². The second kappa shape index (κ2) is 5.02. The zero-order chi connectivity index (χ0) is 13.3. The van der Waals surface area contributed by atoms with E-state index in [1.165, 1.54) is 6.42 Å². The van der Waals surface area contributed by atoms with Gasteiger partial charge in [0.25, 0.3) is 0 Å². The molecule has 0 bridgehead atoms. The van der Waals surface area contributed by atoms with E-state index in [4.69, 9.17) is 0 Å². The van der Waals surface area contributed by atoms with Gasteiger partial charge in [-0.05, 0) is 37.6 Å². The third-order valence-corrected chi connectivity index (χ3v) is 4.70. The molecule has 1 saturated carbocycles. The molecule has 1 heteroatoms. The molecular formula is C16H29N. The first-order valence-electron chi connectivity index (χ1n) is 6.87. The van der Waals surface area contributed by atoms with Crippen molar-refractivity contribution in [2.75, 3.05) is 20.1 Å². The molecule has 17 heavy (non-hydrogen) atoms. The van der Waals surface area contributed by atoms with Gasteiger partial charge in [-0.25, -0.2) is 0 Å². The van der Waals surface area contributed by atoms with Crippen LogP contribution in [0.4, 0.5) is 0 Å². The molecule has 1 aliphatic rings. The molecule has 0 radical (unpaired) electrons. The second-order valence-corrected chi connectivity index (χ2v) is 6.87. The number of nitrogens with zero attached hydrogens (tertiary/aromatic N) is 1. The molecule has 2 unspecified atom stereocenters. The van der Waals surface area contributed by atoms with Crippen molar-refractivity contribution >= 4 is 0 Å². The summed E-state index contributed by atoms with van der Waals surface area (Å²) >= 11 is 0. The van der Waals surface area contributed by atoms with E-state index >= 15 is 0 Å². The molecule has 0 aromatic heterocycles. The lowest BCUT2D eigenvalue weighted by Gasteiger charge is -2.59. The number of hydrogen-bond acceptors (Lipinski definition) is 1. The van der Waals surface area contributed by atoms with Crippen molar-refractivity contribution in [3.05, 3.63) is 0 Å². The fourth-order valence-corrected chi connectivity index (χ4v) is 3.29.